The highest BCUT2D eigenvalue weighted by Crippen LogP contribution is 2.40. The molecule has 0 amide bonds. The van der Waals surface area contributed by atoms with Gasteiger partial charge in [0.1, 0.15) is 5.82 Å². The Morgan fingerprint density at radius 3 is 1.91 bits per heavy atom. The van der Waals surface area contributed by atoms with Crippen LogP contribution in [0.25, 0.3) is 0 Å². The molecule has 0 spiro atoms. The van der Waals surface area contributed by atoms with Crippen LogP contribution in [0.2, 0.25) is 0 Å². The molecular weight excluding hydrogens is 272 g/mol. The van der Waals surface area contributed by atoms with Crippen molar-refractivity contribution in [3.05, 3.63) is 22.8 Å². The highest BCUT2D eigenvalue weighted by Gasteiger charge is 2.43. The van der Waals surface area contributed by atoms with Gasteiger partial charge in [-0.2, -0.15) is 0 Å². The number of hydrogen-bond acceptors (Lipinski definition) is 3. The van der Waals surface area contributed by atoms with Gasteiger partial charge in [-0.1, -0.05) is 55.4 Å². The second kappa shape index (κ2) is 6.27. The maximum absolute atomic E-state index is 6.43. The molecule has 0 aliphatic carbocycles. The van der Waals surface area contributed by atoms with E-state index in [1.807, 2.05) is 0 Å². The smallest absolute Gasteiger partial charge is 0.131 e. The van der Waals surface area contributed by atoms with E-state index in [1.165, 1.54) is 17.0 Å². The van der Waals surface area contributed by atoms with Crippen LogP contribution in [0.5, 0.6) is 0 Å². The van der Waals surface area contributed by atoms with E-state index < -0.39 is 0 Å². The van der Waals surface area contributed by atoms with Gasteiger partial charge in [-0.25, -0.2) is 9.97 Å². The van der Waals surface area contributed by atoms with Crippen LogP contribution in [0.1, 0.15) is 90.0 Å². The minimum atomic E-state index is -0.107. The molecule has 3 heteroatoms. The number of rotatable bonds is 4. The van der Waals surface area contributed by atoms with Crippen LogP contribution in [0.15, 0.2) is 0 Å². The summed E-state index contributed by atoms with van der Waals surface area (Å²) in [6.45, 7) is 18.5. The molecule has 2 rings (SSSR count). The lowest BCUT2D eigenvalue weighted by Crippen LogP contribution is -2.48. The van der Waals surface area contributed by atoms with E-state index in [2.05, 4.69) is 55.4 Å². The SMILES string of the molecule is CC(C)c1nc2c(c(C(C)C)n1)COC(C(C)C)(C(C)C)C2. The zero-order chi connectivity index (χ0) is 16.7. The Kier molecular flexibility index (Phi) is 4.96. The van der Waals surface area contributed by atoms with Crippen molar-refractivity contribution in [3.63, 3.8) is 0 Å². The summed E-state index contributed by atoms with van der Waals surface area (Å²) < 4.78 is 6.43. The van der Waals surface area contributed by atoms with Crippen molar-refractivity contribution in [2.45, 2.75) is 85.9 Å². The lowest BCUT2D eigenvalue weighted by molar-refractivity contribution is -0.129. The van der Waals surface area contributed by atoms with Gasteiger partial charge >= 0.3 is 0 Å². The average molecular weight is 304 g/mol. The number of ether oxygens (including phenoxy) is 1. The molecule has 0 fully saturated rings. The molecule has 1 aliphatic heterocycles. The van der Waals surface area contributed by atoms with Crippen molar-refractivity contribution in [1.29, 1.82) is 0 Å². The first-order chi connectivity index (χ1) is 10.2. The second-order valence-electron chi connectivity index (χ2n) is 7.93. The lowest BCUT2D eigenvalue weighted by Gasteiger charge is -2.44. The number of hydrogen-bond donors (Lipinski definition) is 0. The third kappa shape index (κ3) is 2.92. The van der Waals surface area contributed by atoms with Gasteiger partial charge in [0.15, 0.2) is 0 Å². The third-order valence-electron chi connectivity index (χ3n) is 5.09. The first kappa shape index (κ1) is 17.4. The normalized spacial score (nSPS) is 17.6. The van der Waals surface area contributed by atoms with Gasteiger partial charge in [0.05, 0.1) is 23.6 Å². The van der Waals surface area contributed by atoms with Gasteiger partial charge in [-0.15, -0.1) is 0 Å². The molecule has 124 valence electrons. The summed E-state index contributed by atoms with van der Waals surface area (Å²) >= 11 is 0. The molecule has 0 atom stereocenters. The first-order valence-corrected chi connectivity index (χ1v) is 8.72. The Morgan fingerprint density at radius 1 is 0.864 bits per heavy atom. The van der Waals surface area contributed by atoms with Gasteiger partial charge in [0.25, 0.3) is 0 Å². The van der Waals surface area contributed by atoms with Crippen LogP contribution in [0.3, 0.4) is 0 Å². The fourth-order valence-corrected chi connectivity index (χ4v) is 3.54. The summed E-state index contributed by atoms with van der Waals surface area (Å²) in [5, 5.41) is 0. The van der Waals surface area contributed by atoms with E-state index >= 15 is 0 Å². The van der Waals surface area contributed by atoms with E-state index in [9.17, 15) is 0 Å². The van der Waals surface area contributed by atoms with Crippen LogP contribution in [-0.4, -0.2) is 15.6 Å². The Bertz CT molecular complexity index is 524. The quantitative estimate of drug-likeness (QED) is 0.798. The zero-order valence-corrected chi connectivity index (χ0v) is 15.5. The molecule has 0 saturated heterocycles. The van der Waals surface area contributed by atoms with Gasteiger partial charge in [0.2, 0.25) is 0 Å². The predicted molar refractivity (Wildman–Crippen MR) is 91.1 cm³/mol. The summed E-state index contributed by atoms with van der Waals surface area (Å²) in [6.07, 6.45) is 0.902. The highest BCUT2D eigenvalue weighted by atomic mass is 16.5. The second-order valence-corrected chi connectivity index (χ2v) is 7.93. The monoisotopic (exact) mass is 304 g/mol. The van der Waals surface area contributed by atoms with Gasteiger partial charge < -0.3 is 4.74 Å². The van der Waals surface area contributed by atoms with E-state index in [1.54, 1.807) is 0 Å². The maximum atomic E-state index is 6.43. The molecule has 1 aromatic heterocycles. The first-order valence-electron chi connectivity index (χ1n) is 8.72. The van der Waals surface area contributed by atoms with Crippen LogP contribution in [0.4, 0.5) is 0 Å². The largest absolute Gasteiger partial charge is 0.369 e. The molecule has 1 aliphatic rings. The Labute approximate surface area is 135 Å². The highest BCUT2D eigenvalue weighted by molar-refractivity contribution is 5.32. The van der Waals surface area contributed by atoms with Crippen LogP contribution >= 0.6 is 0 Å². The van der Waals surface area contributed by atoms with Crippen molar-refractivity contribution < 1.29 is 4.74 Å². The Balaban J connectivity index is 2.55. The number of fused-ring (bicyclic) bond motifs is 1. The van der Waals surface area contributed by atoms with Gasteiger partial charge in [0, 0.05) is 17.9 Å². The summed E-state index contributed by atoms with van der Waals surface area (Å²) in [5.41, 5.74) is 3.52. The molecule has 22 heavy (non-hydrogen) atoms. The van der Waals surface area contributed by atoms with Gasteiger partial charge in [-0.3, -0.25) is 0 Å². The van der Waals surface area contributed by atoms with E-state index in [-0.39, 0.29) is 5.60 Å². The fraction of sp³-hybridized carbons (Fsp3) is 0.789. The molecular formula is C19H32N2O. The maximum Gasteiger partial charge on any atom is 0.131 e. The van der Waals surface area contributed by atoms with E-state index in [0.29, 0.717) is 30.3 Å². The van der Waals surface area contributed by atoms with Crippen LogP contribution < -0.4 is 0 Å². The fourth-order valence-electron chi connectivity index (χ4n) is 3.54. The van der Waals surface area contributed by atoms with Gasteiger partial charge in [-0.05, 0) is 17.8 Å². The van der Waals surface area contributed by atoms with Crippen molar-refractivity contribution >= 4 is 0 Å². The summed E-state index contributed by atoms with van der Waals surface area (Å²) in [6, 6.07) is 0. The number of nitrogens with zero attached hydrogens (tertiary/aromatic N) is 2. The van der Waals surface area contributed by atoms with Crippen molar-refractivity contribution in [2.24, 2.45) is 11.8 Å². The molecule has 3 nitrogen and oxygen atoms in total. The molecule has 2 heterocycles. The zero-order valence-electron chi connectivity index (χ0n) is 15.5. The van der Waals surface area contributed by atoms with Crippen molar-refractivity contribution in [1.82, 2.24) is 9.97 Å². The Hall–Kier alpha value is -0.960. The molecule has 0 radical (unpaired) electrons. The van der Waals surface area contributed by atoms with E-state index in [0.717, 1.165) is 12.2 Å². The molecule has 0 N–H and O–H groups in total. The molecule has 0 saturated carbocycles. The minimum absolute atomic E-state index is 0.107. The Morgan fingerprint density at radius 2 is 1.45 bits per heavy atom. The van der Waals surface area contributed by atoms with Crippen LogP contribution in [-0.2, 0) is 17.8 Å². The molecule has 0 aromatic carbocycles. The lowest BCUT2D eigenvalue weighted by atomic mass is 9.74. The third-order valence-corrected chi connectivity index (χ3v) is 5.09. The predicted octanol–water partition coefficient (Wildman–Crippen LogP) is 4.85. The molecule has 1 aromatic rings. The van der Waals surface area contributed by atoms with Crippen LogP contribution in [0, 0.1) is 11.8 Å². The number of aromatic nitrogens is 2. The minimum Gasteiger partial charge on any atom is -0.369 e. The molecule has 0 unspecified atom stereocenters. The summed E-state index contributed by atoms with van der Waals surface area (Å²) in [4.78, 5) is 9.76. The van der Waals surface area contributed by atoms with Crippen molar-refractivity contribution in [3.8, 4) is 0 Å². The van der Waals surface area contributed by atoms with Crippen molar-refractivity contribution in [2.75, 3.05) is 0 Å². The summed E-state index contributed by atoms with van der Waals surface area (Å²) in [7, 11) is 0. The average Bonchev–Trinajstić information content (AvgIpc) is 2.44. The van der Waals surface area contributed by atoms with E-state index in [4.69, 9.17) is 14.7 Å². The topological polar surface area (TPSA) is 35.0 Å². The standard InChI is InChI=1S/C19H32N2O/c1-11(2)17-15-10-22-19(13(5)6,14(7)8)9-16(15)20-18(21-17)12(3)4/h11-14H,9-10H2,1-8H3. The summed E-state index contributed by atoms with van der Waals surface area (Å²) in [5.74, 6) is 2.69. The molecule has 0 bridgehead atoms.